The molecule has 2 saturated carbocycles. The zero-order valence-corrected chi connectivity index (χ0v) is 11.9. The van der Waals surface area contributed by atoms with E-state index in [1.165, 1.54) is 83.7 Å². The Labute approximate surface area is 112 Å². The molecule has 0 bridgehead atoms. The van der Waals surface area contributed by atoms with E-state index in [4.69, 9.17) is 5.73 Å². The number of hydrogen-bond acceptors (Lipinski definition) is 2. The SMILES string of the molecule is NC1CCCCC1N1CCC2(CCCCC2)CC1. The molecule has 2 unspecified atom stereocenters. The highest BCUT2D eigenvalue weighted by atomic mass is 15.2. The van der Waals surface area contributed by atoms with Crippen molar-refractivity contribution in [3.8, 4) is 0 Å². The molecule has 2 N–H and O–H groups in total. The Morgan fingerprint density at radius 2 is 1.44 bits per heavy atom. The van der Waals surface area contributed by atoms with Crippen LogP contribution in [-0.4, -0.2) is 30.1 Å². The van der Waals surface area contributed by atoms with Gasteiger partial charge in [-0.05, 0) is 57.0 Å². The van der Waals surface area contributed by atoms with Crippen molar-refractivity contribution in [1.82, 2.24) is 4.90 Å². The summed E-state index contributed by atoms with van der Waals surface area (Å²) in [6, 6.07) is 1.17. The summed E-state index contributed by atoms with van der Waals surface area (Å²) in [5.74, 6) is 0. The van der Waals surface area contributed by atoms with Gasteiger partial charge < -0.3 is 5.73 Å². The van der Waals surface area contributed by atoms with Crippen LogP contribution in [-0.2, 0) is 0 Å². The quantitative estimate of drug-likeness (QED) is 0.773. The van der Waals surface area contributed by atoms with E-state index < -0.39 is 0 Å². The van der Waals surface area contributed by atoms with Gasteiger partial charge in [-0.3, -0.25) is 4.90 Å². The number of rotatable bonds is 1. The van der Waals surface area contributed by atoms with Gasteiger partial charge in [0.2, 0.25) is 0 Å². The Bertz CT molecular complexity index is 260. The zero-order chi connectivity index (χ0) is 12.4. The van der Waals surface area contributed by atoms with Crippen molar-refractivity contribution in [3.63, 3.8) is 0 Å². The first-order chi connectivity index (χ1) is 8.79. The van der Waals surface area contributed by atoms with E-state index in [2.05, 4.69) is 4.90 Å². The Balaban J connectivity index is 1.55. The maximum atomic E-state index is 6.34. The van der Waals surface area contributed by atoms with Crippen LogP contribution >= 0.6 is 0 Å². The third-order valence-corrected chi connectivity index (χ3v) is 6.02. The summed E-state index contributed by atoms with van der Waals surface area (Å²) in [6.07, 6.45) is 15.8. The van der Waals surface area contributed by atoms with Gasteiger partial charge >= 0.3 is 0 Å². The Morgan fingerprint density at radius 1 is 0.778 bits per heavy atom. The average Bonchev–Trinajstić information content (AvgIpc) is 2.42. The fourth-order valence-corrected chi connectivity index (χ4v) is 4.73. The highest BCUT2D eigenvalue weighted by Gasteiger charge is 2.38. The van der Waals surface area contributed by atoms with Crippen LogP contribution in [0.4, 0.5) is 0 Å². The highest BCUT2D eigenvalue weighted by molar-refractivity contribution is 4.93. The van der Waals surface area contributed by atoms with Crippen LogP contribution < -0.4 is 5.73 Å². The minimum Gasteiger partial charge on any atom is -0.326 e. The molecule has 2 atom stereocenters. The second kappa shape index (κ2) is 5.50. The lowest BCUT2D eigenvalue weighted by molar-refractivity contribution is 0.0293. The largest absolute Gasteiger partial charge is 0.326 e. The van der Waals surface area contributed by atoms with Crippen LogP contribution in [0.25, 0.3) is 0 Å². The molecule has 0 radical (unpaired) electrons. The van der Waals surface area contributed by atoms with E-state index in [-0.39, 0.29) is 0 Å². The van der Waals surface area contributed by atoms with Crippen LogP contribution in [0.5, 0.6) is 0 Å². The molecule has 1 aliphatic heterocycles. The number of likely N-dealkylation sites (tertiary alicyclic amines) is 1. The predicted octanol–water partition coefficient (Wildman–Crippen LogP) is 3.30. The standard InChI is InChI=1S/C16H30N2/c17-14-6-2-3-7-15(14)18-12-10-16(11-13-18)8-4-1-5-9-16/h14-15H,1-13,17H2. The predicted molar refractivity (Wildman–Crippen MR) is 76.6 cm³/mol. The molecule has 104 valence electrons. The average molecular weight is 250 g/mol. The first-order valence-corrected chi connectivity index (χ1v) is 8.29. The monoisotopic (exact) mass is 250 g/mol. The minimum absolute atomic E-state index is 0.458. The molecule has 1 saturated heterocycles. The first-order valence-electron chi connectivity index (χ1n) is 8.29. The summed E-state index contributed by atoms with van der Waals surface area (Å²) < 4.78 is 0. The molecule has 0 amide bonds. The van der Waals surface area contributed by atoms with Crippen molar-refractivity contribution in [3.05, 3.63) is 0 Å². The molecular formula is C16H30N2. The lowest BCUT2D eigenvalue weighted by Crippen LogP contribution is -2.53. The van der Waals surface area contributed by atoms with Crippen LogP contribution in [0.15, 0.2) is 0 Å². The van der Waals surface area contributed by atoms with Gasteiger partial charge in [0.05, 0.1) is 0 Å². The molecule has 3 rings (SSSR count). The lowest BCUT2D eigenvalue weighted by Gasteiger charge is -2.48. The number of hydrogen-bond donors (Lipinski definition) is 1. The number of nitrogens with two attached hydrogens (primary N) is 1. The molecule has 1 spiro atoms. The van der Waals surface area contributed by atoms with Crippen LogP contribution in [0.2, 0.25) is 0 Å². The molecule has 2 nitrogen and oxygen atoms in total. The molecule has 1 heterocycles. The summed E-state index contributed by atoms with van der Waals surface area (Å²) in [4.78, 5) is 2.74. The van der Waals surface area contributed by atoms with Crippen LogP contribution in [0.1, 0.15) is 70.6 Å². The summed E-state index contributed by atoms with van der Waals surface area (Å²) in [7, 11) is 0. The van der Waals surface area contributed by atoms with E-state index in [0.29, 0.717) is 12.1 Å². The van der Waals surface area contributed by atoms with Gasteiger partial charge in [-0.2, -0.15) is 0 Å². The minimum atomic E-state index is 0.458. The van der Waals surface area contributed by atoms with Crippen molar-refractivity contribution in [2.75, 3.05) is 13.1 Å². The third kappa shape index (κ3) is 2.60. The Hall–Kier alpha value is -0.0800. The first kappa shape index (κ1) is 12.9. The van der Waals surface area contributed by atoms with Crippen molar-refractivity contribution in [2.45, 2.75) is 82.7 Å². The maximum absolute atomic E-state index is 6.34. The lowest BCUT2D eigenvalue weighted by atomic mass is 9.68. The molecule has 2 heteroatoms. The smallest absolute Gasteiger partial charge is 0.0247 e. The number of piperidine rings is 1. The van der Waals surface area contributed by atoms with Crippen LogP contribution in [0.3, 0.4) is 0 Å². The van der Waals surface area contributed by atoms with Gasteiger partial charge in [0.25, 0.3) is 0 Å². The van der Waals surface area contributed by atoms with Crippen molar-refractivity contribution < 1.29 is 0 Å². The summed E-state index contributed by atoms with van der Waals surface area (Å²) >= 11 is 0. The summed E-state index contributed by atoms with van der Waals surface area (Å²) in [6.45, 7) is 2.66. The highest BCUT2D eigenvalue weighted by Crippen LogP contribution is 2.45. The van der Waals surface area contributed by atoms with Gasteiger partial charge in [-0.25, -0.2) is 0 Å². The van der Waals surface area contributed by atoms with Gasteiger partial charge in [0.1, 0.15) is 0 Å². The Morgan fingerprint density at radius 3 is 2.11 bits per heavy atom. The van der Waals surface area contributed by atoms with E-state index in [9.17, 15) is 0 Å². The van der Waals surface area contributed by atoms with Gasteiger partial charge in [-0.1, -0.05) is 32.1 Å². The second-order valence-electron chi connectivity index (χ2n) is 7.11. The molecule has 0 aromatic carbocycles. The normalized spacial score (nSPS) is 37.8. The molecule has 2 aliphatic carbocycles. The van der Waals surface area contributed by atoms with E-state index in [1.807, 2.05) is 0 Å². The van der Waals surface area contributed by atoms with Gasteiger partial charge in [-0.15, -0.1) is 0 Å². The van der Waals surface area contributed by atoms with Gasteiger partial charge in [0.15, 0.2) is 0 Å². The molecule has 3 aliphatic rings. The number of nitrogens with zero attached hydrogens (tertiary/aromatic N) is 1. The molecule has 3 fully saturated rings. The van der Waals surface area contributed by atoms with Crippen LogP contribution in [0, 0.1) is 5.41 Å². The molecule has 0 aromatic rings. The van der Waals surface area contributed by atoms with E-state index in [0.717, 1.165) is 5.41 Å². The van der Waals surface area contributed by atoms with E-state index >= 15 is 0 Å². The fraction of sp³-hybridized carbons (Fsp3) is 1.00. The van der Waals surface area contributed by atoms with Crippen molar-refractivity contribution >= 4 is 0 Å². The molecular weight excluding hydrogens is 220 g/mol. The Kier molecular flexibility index (Phi) is 3.95. The van der Waals surface area contributed by atoms with Crippen molar-refractivity contribution in [1.29, 1.82) is 0 Å². The van der Waals surface area contributed by atoms with Gasteiger partial charge in [0, 0.05) is 12.1 Å². The molecule has 18 heavy (non-hydrogen) atoms. The zero-order valence-electron chi connectivity index (χ0n) is 11.9. The van der Waals surface area contributed by atoms with Crippen molar-refractivity contribution in [2.24, 2.45) is 11.1 Å². The summed E-state index contributed by atoms with van der Waals surface area (Å²) in [5, 5.41) is 0. The maximum Gasteiger partial charge on any atom is 0.0247 e. The van der Waals surface area contributed by atoms with E-state index in [1.54, 1.807) is 0 Å². The third-order valence-electron chi connectivity index (χ3n) is 6.02. The summed E-state index contributed by atoms with van der Waals surface area (Å²) in [5.41, 5.74) is 7.08. The topological polar surface area (TPSA) is 29.3 Å². The second-order valence-corrected chi connectivity index (χ2v) is 7.11. The molecule has 0 aromatic heterocycles. The fourth-order valence-electron chi connectivity index (χ4n) is 4.73.